The fourth-order valence-electron chi connectivity index (χ4n) is 2.47. The van der Waals surface area contributed by atoms with Crippen LogP contribution < -0.4 is 5.32 Å². The largest absolute Gasteiger partial charge is 0.341 e. The maximum atomic E-state index is 4.56. The number of rotatable bonds is 4. The first-order chi connectivity index (χ1) is 10.4. The Labute approximate surface area is 121 Å². The second-order valence-electron chi connectivity index (χ2n) is 5.00. The van der Waals surface area contributed by atoms with E-state index in [0.717, 1.165) is 34.7 Å². The van der Waals surface area contributed by atoms with Gasteiger partial charge in [0.05, 0.1) is 23.3 Å². The number of H-pyrrole nitrogens is 1. The van der Waals surface area contributed by atoms with Crippen molar-refractivity contribution in [2.75, 3.05) is 0 Å². The van der Waals surface area contributed by atoms with E-state index in [9.17, 15) is 0 Å². The Morgan fingerprint density at radius 1 is 1.00 bits per heavy atom. The zero-order chi connectivity index (χ0) is 14.1. The third-order valence-electron chi connectivity index (χ3n) is 3.45. The Morgan fingerprint density at radius 2 is 1.90 bits per heavy atom. The van der Waals surface area contributed by atoms with E-state index in [0.29, 0.717) is 6.54 Å². The molecule has 21 heavy (non-hydrogen) atoms. The molecular formula is C16H15N5. The Bertz CT molecular complexity index is 750. The highest BCUT2D eigenvalue weighted by atomic mass is 15.0. The zero-order valence-electron chi connectivity index (χ0n) is 11.5. The fourth-order valence-corrected chi connectivity index (χ4v) is 2.47. The summed E-state index contributed by atoms with van der Waals surface area (Å²) in [5.41, 5.74) is 4.07. The minimum Gasteiger partial charge on any atom is -0.341 e. The molecule has 0 atom stereocenters. The summed E-state index contributed by atoms with van der Waals surface area (Å²) in [6, 6.07) is 14.0. The highest BCUT2D eigenvalue weighted by Gasteiger charge is 2.03. The summed E-state index contributed by atoms with van der Waals surface area (Å²) in [7, 11) is 0. The normalized spacial score (nSPS) is 11.4. The minimum absolute atomic E-state index is 0.697. The minimum atomic E-state index is 0.697. The van der Waals surface area contributed by atoms with E-state index in [2.05, 4.69) is 20.3 Å². The average molecular weight is 277 g/mol. The highest BCUT2D eigenvalue weighted by Crippen LogP contribution is 2.10. The SMILES string of the molecule is c1ccc2[nH]c(CNCc3cn4ccccc4n3)nc2c1. The molecule has 104 valence electrons. The van der Waals surface area contributed by atoms with Gasteiger partial charge in [-0.1, -0.05) is 18.2 Å². The number of aromatic amines is 1. The first-order valence-corrected chi connectivity index (χ1v) is 6.95. The van der Waals surface area contributed by atoms with Gasteiger partial charge in [-0.05, 0) is 24.3 Å². The molecule has 2 N–H and O–H groups in total. The highest BCUT2D eigenvalue weighted by molar-refractivity contribution is 5.74. The van der Waals surface area contributed by atoms with Crippen molar-refractivity contribution in [2.45, 2.75) is 13.1 Å². The summed E-state index contributed by atoms with van der Waals surface area (Å²) in [5.74, 6) is 0.944. The van der Waals surface area contributed by atoms with E-state index in [1.165, 1.54) is 0 Å². The molecule has 5 heteroatoms. The number of imidazole rings is 2. The van der Waals surface area contributed by atoms with Crippen LogP contribution in [0.15, 0.2) is 54.9 Å². The van der Waals surface area contributed by atoms with Crippen molar-refractivity contribution in [1.29, 1.82) is 0 Å². The van der Waals surface area contributed by atoms with Gasteiger partial charge in [0, 0.05) is 18.9 Å². The standard InChI is InChI=1S/C16H15N5/c1-2-6-14-13(5-1)19-15(20-14)10-17-9-12-11-21-8-4-3-7-16(21)18-12/h1-8,11,17H,9-10H2,(H,19,20). The summed E-state index contributed by atoms with van der Waals surface area (Å²) in [4.78, 5) is 12.4. The number of hydrogen-bond acceptors (Lipinski definition) is 3. The Kier molecular flexibility index (Phi) is 2.90. The van der Waals surface area contributed by atoms with Crippen LogP contribution in [0.3, 0.4) is 0 Å². The Hall–Kier alpha value is -2.66. The molecule has 4 aromatic rings. The Morgan fingerprint density at radius 3 is 2.81 bits per heavy atom. The topological polar surface area (TPSA) is 58.0 Å². The van der Waals surface area contributed by atoms with E-state index in [1.807, 2.05) is 59.3 Å². The predicted molar refractivity (Wildman–Crippen MR) is 81.8 cm³/mol. The molecule has 0 aliphatic carbocycles. The van der Waals surface area contributed by atoms with Gasteiger partial charge >= 0.3 is 0 Å². The molecule has 5 nitrogen and oxygen atoms in total. The van der Waals surface area contributed by atoms with E-state index < -0.39 is 0 Å². The van der Waals surface area contributed by atoms with E-state index in [4.69, 9.17) is 0 Å². The molecule has 3 heterocycles. The lowest BCUT2D eigenvalue weighted by Gasteiger charge is -1.98. The molecule has 0 fully saturated rings. The second-order valence-corrected chi connectivity index (χ2v) is 5.00. The van der Waals surface area contributed by atoms with Crippen LogP contribution in [0.1, 0.15) is 11.5 Å². The van der Waals surface area contributed by atoms with E-state index in [-0.39, 0.29) is 0 Å². The van der Waals surface area contributed by atoms with Crippen molar-refractivity contribution < 1.29 is 0 Å². The van der Waals surface area contributed by atoms with Gasteiger partial charge in [-0.25, -0.2) is 9.97 Å². The number of benzene rings is 1. The molecule has 0 radical (unpaired) electrons. The van der Waals surface area contributed by atoms with Gasteiger partial charge < -0.3 is 14.7 Å². The number of nitrogens with zero attached hydrogens (tertiary/aromatic N) is 3. The fraction of sp³-hybridized carbons (Fsp3) is 0.125. The van der Waals surface area contributed by atoms with Gasteiger partial charge in [-0.2, -0.15) is 0 Å². The first kappa shape index (κ1) is 12.1. The summed E-state index contributed by atoms with van der Waals surface area (Å²) >= 11 is 0. The van der Waals surface area contributed by atoms with Crippen LogP contribution in [0.2, 0.25) is 0 Å². The van der Waals surface area contributed by atoms with Crippen LogP contribution in [0, 0.1) is 0 Å². The van der Waals surface area contributed by atoms with Gasteiger partial charge in [0.2, 0.25) is 0 Å². The first-order valence-electron chi connectivity index (χ1n) is 6.95. The van der Waals surface area contributed by atoms with E-state index in [1.54, 1.807) is 0 Å². The van der Waals surface area contributed by atoms with Crippen LogP contribution in [-0.2, 0) is 13.1 Å². The molecular weight excluding hydrogens is 262 g/mol. The summed E-state index contributed by atoms with van der Waals surface area (Å²) in [6.07, 6.45) is 4.05. The van der Waals surface area contributed by atoms with Gasteiger partial charge in [0.15, 0.2) is 0 Å². The van der Waals surface area contributed by atoms with Gasteiger partial charge in [0.1, 0.15) is 11.5 Å². The lowest BCUT2D eigenvalue weighted by Crippen LogP contribution is -2.13. The monoisotopic (exact) mass is 277 g/mol. The molecule has 1 aromatic carbocycles. The number of nitrogens with one attached hydrogen (secondary N) is 2. The third kappa shape index (κ3) is 2.39. The van der Waals surface area contributed by atoms with E-state index >= 15 is 0 Å². The van der Waals surface area contributed by atoms with Crippen LogP contribution in [-0.4, -0.2) is 19.4 Å². The molecule has 0 amide bonds. The predicted octanol–water partition coefficient (Wildman–Crippen LogP) is 2.50. The molecule has 0 aliphatic heterocycles. The number of fused-ring (bicyclic) bond motifs is 2. The van der Waals surface area contributed by atoms with Crippen LogP contribution >= 0.6 is 0 Å². The molecule has 0 unspecified atom stereocenters. The number of para-hydroxylation sites is 2. The maximum Gasteiger partial charge on any atom is 0.137 e. The quantitative estimate of drug-likeness (QED) is 0.602. The summed E-state index contributed by atoms with van der Waals surface area (Å²) in [6.45, 7) is 1.42. The van der Waals surface area contributed by atoms with Crippen LogP contribution in [0.4, 0.5) is 0 Å². The molecule has 0 saturated heterocycles. The van der Waals surface area contributed by atoms with Crippen LogP contribution in [0.5, 0.6) is 0 Å². The van der Waals surface area contributed by atoms with Crippen molar-refractivity contribution >= 4 is 16.7 Å². The number of pyridine rings is 1. The van der Waals surface area contributed by atoms with Crippen molar-refractivity contribution in [1.82, 2.24) is 24.7 Å². The van der Waals surface area contributed by atoms with Gasteiger partial charge in [-0.3, -0.25) is 0 Å². The summed E-state index contributed by atoms with van der Waals surface area (Å²) < 4.78 is 2.03. The average Bonchev–Trinajstić information content (AvgIpc) is 3.09. The number of hydrogen-bond donors (Lipinski definition) is 2. The third-order valence-corrected chi connectivity index (χ3v) is 3.45. The maximum absolute atomic E-state index is 4.56. The van der Waals surface area contributed by atoms with Crippen LogP contribution in [0.25, 0.3) is 16.7 Å². The lowest BCUT2D eigenvalue weighted by molar-refractivity contribution is 0.661. The molecule has 4 rings (SSSR count). The van der Waals surface area contributed by atoms with Crippen molar-refractivity contribution in [2.24, 2.45) is 0 Å². The molecule has 0 saturated carbocycles. The summed E-state index contributed by atoms with van der Waals surface area (Å²) in [5, 5.41) is 3.37. The van der Waals surface area contributed by atoms with Gasteiger partial charge in [0.25, 0.3) is 0 Å². The lowest BCUT2D eigenvalue weighted by atomic mass is 10.3. The molecule has 3 aromatic heterocycles. The second kappa shape index (κ2) is 5.03. The van der Waals surface area contributed by atoms with Crippen molar-refractivity contribution in [3.63, 3.8) is 0 Å². The Balaban J connectivity index is 1.44. The smallest absolute Gasteiger partial charge is 0.137 e. The van der Waals surface area contributed by atoms with Crippen molar-refractivity contribution in [3.05, 3.63) is 66.4 Å². The zero-order valence-corrected chi connectivity index (χ0v) is 11.5. The number of aromatic nitrogens is 4. The molecule has 0 bridgehead atoms. The molecule has 0 aliphatic rings. The van der Waals surface area contributed by atoms with Crippen molar-refractivity contribution in [3.8, 4) is 0 Å². The molecule has 0 spiro atoms. The van der Waals surface area contributed by atoms with Gasteiger partial charge in [-0.15, -0.1) is 0 Å².